The summed E-state index contributed by atoms with van der Waals surface area (Å²) in [6.45, 7) is 0. The Bertz CT molecular complexity index is 3900. The van der Waals surface area contributed by atoms with Crippen LogP contribution >= 0.6 is 0 Å². The summed E-state index contributed by atoms with van der Waals surface area (Å²) in [6.07, 6.45) is 0. The molecule has 11 aromatic carbocycles. The van der Waals surface area contributed by atoms with Crippen molar-refractivity contribution in [3.05, 3.63) is 243 Å². The van der Waals surface area contributed by atoms with Crippen molar-refractivity contribution < 1.29 is 4.42 Å². The highest BCUT2D eigenvalue weighted by Gasteiger charge is 2.18. The molecule has 0 spiro atoms. The van der Waals surface area contributed by atoms with Crippen LogP contribution in [0.2, 0.25) is 0 Å². The third-order valence-corrected chi connectivity index (χ3v) is 13.2. The third kappa shape index (κ3) is 6.20. The minimum atomic E-state index is 0.907. The SMILES string of the molecule is c1cc(-c2ccc3ccccc3c2)cc(N(c2ccc(-c3cccc(-n4c5ccccc5c5ccccc54)c3)cc2)c2ccc(-c3cccc4c3oc3c5ccccc5ccc43)cc2)c1. The van der Waals surface area contributed by atoms with Crippen LogP contribution < -0.4 is 4.90 Å². The van der Waals surface area contributed by atoms with Crippen molar-refractivity contribution in [2.24, 2.45) is 0 Å². The van der Waals surface area contributed by atoms with Gasteiger partial charge in [0.2, 0.25) is 0 Å². The molecule has 0 saturated heterocycles. The molecule has 13 aromatic rings. The Hall–Kier alpha value is -8.66. The maximum absolute atomic E-state index is 6.75. The molecule has 0 aliphatic heterocycles. The predicted octanol–water partition coefficient (Wildman–Crippen LogP) is 17.5. The van der Waals surface area contributed by atoms with Crippen molar-refractivity contribution in [2.75, 3.05) is 4.90 Å². The normalized spacial score (nSPS) is 11.7. The van der Waals surface area contributed by atoms with Crippen LogP contribution in [0.15, 0.2) is 247 Å². The first kappa shape index (κ1) is 36.9. The molecule has 2 heterocycles. The molecule has 0 radical (unpaired) electrons. The van der Waals surface area contributed by atoms with E-state index in [1.54, 1.807) is 0 Å². The molecule has 2 aromatic heterocycles. The minimum Gasteiger partial charge on any atom is -0.455 e. The van der Waals surface area contributed by atoms with Crippen LogP contribution in [-0.2, 0) is 0 Å². The molecule has 3 nitrogen and oxygen atoms in total. The molecule has 0 fully saturated rings. The van der Waals surface area contributed by atoms with Gasteiger partial charge in [0.25, 0.3) is 0 Å². The molecule has 65 heavy (non-hydrogen) atoms. The first-order valence-electron chi connectivity index (χ1n) is 22.2. The lowest BCUT2D eigenvalue weighted by atomic mass is 9.99. The first-order chi connectivity index (χ1) is 32.2. The average molecular weight is 829 g/mol. The number of benzene rings is 11. The van der Waals surface area contributed by atoms with E-state index in [4.69, 9.17) is 4.42 Å². The summed E-state index contributed by atoms with van der Waals surface area (Å²) in [6, 6.07) is 87.7. The number of hydrogen-bond acceptors (Lipinski definition) is 2. The van der Waals surface area contributed by atoms with Gasteiger partial charge in [-0.25, -0.2) is 0 Å². The van der Waals surface area contributed by atoms with E-state index in [-0.39, 0.29) is 0 Å². The van der Waals surface area contributed by atoms with Crippen LogP contribution in [0.3, 0.4) is 0 Å². The van der Waals surface area contributed by atoms with E-state index in [1.807, 2.05) is 0 Å². The van der Waals surface area contributed by atoms with Gasteiger partial charge in [-0.2, -0.15) is 0 Å². The second kappa shape index (κ2) is 15.0. The monoisotopic (exact) mass is 828 g/mol. The van der Waals surface area contributed by atoms with Gasteiger partial charge in [0.1, 0.15) is 11.2 Å². The Labute approximate surface area is 376 Å². The predicted molar refractivity (Wildman–Crippen MR) is 274 cm³/mol. The molecule has 13 rings (SSSR count). The summed E-state index contributed by atoms with van der Waals surface area (Å²) in [5.41, 5.74) is 15.5. The fraction of sp³-hybridized carbons (Fsp3) is 0. The topological polar surface area (TPSA) is 21.3 Å². The zero-order chi connectivity index (χ0) is 42.8. The van der Waals surface area contributed by atoms with E-state index in [0.717, 1.165) is 77.9 Å². The van der Waals surface area contributed by atoms with E-state index in [0.29, 0.717) is 0 Å². The quantitative estimate of drug-likeness (QED) is 0.160. The van der Waals surface area contributed by atoms with E-state index in [1.165, 1.54) is 43.5 Å². The van der Waals surface area contributed by atoms with Crippen LogP contribution in [0.25, 0.3) is 104 Å². The zero-order valence-corrected chi connectivity index (χ0v) is 35.4. The fourth-order valence-electron chi connectivity index (χ4n) is 10.0. The number of aromatic nitrogens is 1. The third-order valence-electron chi connectivity index (χ3n) is 13.2. The van der Waals surface area contributed by atoms with Crippen LogP contribution in [-0.4, -0.2) is 4.57 Å². The number of furan rings is 1. The van der Waals surface area contributed by atoms with E-state index in [9.17, 15) is 0 Å². The molecule has 0 saturated carbocycles. The van der Waals surface area contributed by atoms with Crippen molar-refractivity contribution in [3.8, 4) is 39.1 Å². The van der Waals surface area contributed by atoms with Gasteiger partial charge in [-0.05, 0) is 117 Å². The van der Waals surface area contributed by atoms with Gasteiger partial charge in [0.05, 0.1) is 11.0 Å². The Morgan fingerprint density at radius 3 is 1.58 bits per heavy atom. The smallest absolute Gasteiger partial charge is 0.143 e. The standard InChI is InChI=1S/C62H40N2O/c1-2-14-45-38-48(27-26-41(45)12-1)47-16-10-17-51(40-47)63(50-35-30-44(31-36-50)54-22-11-23-57-58-37-32-43-13-3-4-19-53(43)62(58)65-61(54)57)49-33-28-42(29-34-49)46-15-9-18-52(39-46)64-59-24-7-5-20-55(59)56-21-6-8-25-60(56)64/h1-40H. The highest BCUT2D eigenvalue weighted by molar-refractivity contribution is 6.17. The van der Waals surface area contributed by atoms with Crippen LogP contribution in [0.1, 0.15) is 0 Å². The largest absolute Gasteiger partial charge is 0.455 e. The molecule has 0 aliphatic rings. The lowest BCUT2D eigenvalue weighted by Gasteiger charge is -2.26. The molecule has 304 valence electrons. The maximum atomic E-state index is 6.75. The van der Waals surface area contributed by atoms with Crippen LogP contribution in [0.4, 0.5) is 17.1 Å². The Morgan fingerprint density at radius 1 is 0.292 bits per heavy atom. The molecule has 0 aliphatic carbocycles. The second-order valence-corrected chi connectivity index (χ2v) is 16.9. The highest BCUT2D eigenvalue weighted by Crippen LogP contribution is 2.42. The summed E-state index contributed by atoms with van der Waals surface area (Å²) in [7, 11) is 0. The minimum absolute atomic E-state index is 0.907. The molecule has 0 N–H and O–H groups in total. The molecular weight excluding hydrogens is 789 g/mol. The number of anilines is 3. The van der Waals surface area contributed by atoms with Crippen molar-refractivity contribution >= 4 is 82.4 Å². The van der Waals surface area contributed by atoms with Crippen LogP contribution in [0.5, 0.6) is 0 Å². The van der Waals surface area contributed by atoms with Gasteiger partial charge in [-0.3, -0.25) is 0 Å². The Balaban J connectivity index is 0.904. The van der Waals surface area contributed by atoms with Gasteiger partial charge in [-0.15, -0.1) is 0 Å². The number of para-hydroxylation sites is 3. The van der Waals surface area contributed by atoms with Crippen molar-refractivity contribution in [2.45, 2.75) is 0 Å². The van der Waals surface area contributed by atoms with E-state index in [2.05, 4.69) is 252 Å². The van der Waals surface area contributed by atoms with E-state index >= 15 is 0 Å². The Morgan fingerprint density at radius 2 is 0.831 bits per heavy atom. The van der Waals surface area contributed by atoms with Crippen molar-refractivity contribution in [1.29, 1.82) is 0 Å². The van der Waals surface area contributed by atoms with E-state index < -0.39 is 0 Å². The number of hydrogen-bond donors (Lipinski definition) is 0. The lowest BCUT2D eigenvalue weighted by Crippen LogP contribution is -2.10. The van der Waals surface area contributed by atoms with Gasteiger partial charge >= 0.3 is 0 Å². The van der Waals surface area contributed by atoms with Gasteiger partial charge < -0.3 is 13.9 Å². The summed E-state index contributed by atoms with van der Waals surface area (Å²) in [4.78, 5) is 2.36. The molecule has 0 atom stereocenters. The van der Waals surface area contributed by atoms with Gasteiger partial charge in [0, 0.05) is 55.2 Å². The lowest BCUT2D eigenvalue weighted by molar-refractivity contribution is 0.674. The van der Waals surface area contributed by atoms with Gasteiger partial charge in [0.15, 0.2) is 0 Å². The average Bonchev–Trinajstić information content (AvgIpc) is 3.94. The maximum Gasteiger partial charge on any atom is 0.143 e. The second-order valence-electron chi connectivity index (χ2n) is 16.9. The summed E-state index contributed by atoms with van der Waals surface area (Å²) in [5, 5.41) is 9.56. The summed E-state index contributed by atoms with van der Waals surface area (Å²) in [5.74, 6) is 0. The molecular formula is C62H40N2O. The molecule has 3 heteroatoms. The Kier molecular flexibility index (Phi) is 8.53. The first-order valence-corrected chi connectivity index (χ1v) is 22.2. The van der Waals surface area contributed by atoms with Crippen molar-refractivity contribution in [1.82, 2.24) is 4.57 Å². The summed E-state index contributed by atoms with van der Waals surface area (Å²) < 4.78 is 9.13. The molecule has 0 bridgehead atoms. The molecule has 0 amide bonds. The number of nitrogens with zero attached hydrogens (tertiary/aromatic N) is 2. The fourth-order valence-corrected chi connectivity index (χ4v) is 10.0. The van der Waals surface area contributed by atoms with Crippen LogP contribution in [0, 0.1) is 0 Å². The van der Waals surface area contributed by atoms with Crippen molar-refractivity contribution in [3.63, 3.8) is 0 Å². The number of rotatable bonds is 7. The van der Waals surface area contributed by atoms with Gasteiger partial charge in [-0.1, -0.05) is 170 Å². The highest BCUT2D eigenvalue weighted by atomic mass is 16.3. The number of fused-ring (bicyclic) bond motifs is 9. The zero-order valence-electron chi connectivity index (χ0n) is 35.4. The summed E-state index contributed by atoms with van der Waals surface area (Å²) >= 11 is 0. The molecule has 0 unspecified atom stereocenters.